The van der Waals surface area contributed by atoms with Gasteiger partial charge in [-0.15, -0.1) is 11.3 Å². The van der Waals surface area contributed by atoms with Gasteiger partial charge in [0.1, 0.15) is 9.34 Å². The van der Waals surface area contributed by atoms with Gasteiger partial charge in [0.25, 0.3) is 0 Å². The van der Waals surface area contributed by atoms with E-state index in [1.165, 1.54) is 11.3 Å². The minimum atomic E-state index is -0.0764. The average Bonchev–Trinajstić information content (AvgIpc) is 2.47. The van der Waals surface area contributed by atoms with Gasteiger partial charge in [0.05, 0.1) is 18.8 Å². The number of thiazole rings is 1. The van der Waals surface area contributed by atoms with Crippen LogP contribution >= 0.6 is 22.9 Å². The number of aromatic nitrogens is 1. The van der Waals surface area contributed by atoms with Crippen molar-refractivity contribution < 1.29 is 5.11 Å². The molecule has 0 aliphatic rings. The largest absolute Gasteiger partial charge is 0.394 e. The summed E-state index contributed by atoms with van der Waals surface area (Å²) in [5, 5.41) is 12.9. The number of nitrogens with zero attached hydrogens (tertiary/aromatic N) is 1. The van der Waals surface area contributed by atoms with Crippen LogP contribution < -0.4 is 5.32 Å². The summed E-state index contributed by atoms with van der Waals surface area (Å²) < 4.78 is 0.654. The third-order valence-corrected chi connectivity index (χ3v) is 2.66. The number of rotatable bonds is 4. The Bertz CT molecular complexity index is 241. The Labute approximate surface area is 80.4 Å². The number of aliphatic hydroxyl groups is 1. The fourth-order valence-electron chi connectivity index (χ4n) is 0.904. The van der Waals surface area contributed by atoms with E-state index >= 15 is 0 Å². The van der Waals surface area contributed by atoms with E-state index in [1.54, 1.807) is 6.20 Å². The highest BCUT2D eigenvalue weighted by molar-refractivity contribution is 7.15. The molecule has 1 atom stereocenters. The van der Waals surface area contributed by atoms with Gasteiger partial charge in [0, 0.05) is 0 Å². The number of likely N-dealkylation sites (N-methyl/N-ethyl adjacent to an activating group) is 1. The van der Waals surface area contributed by atoms with Crippen LogP contribution in [0.15, 0.2) is 6.20 Å². The summed E-state index contributed by atoms with van der Waals surface area (Å²) in [4.78, 5) is 4.07. The molecule has 0 amide bonds. The van der Waals surface area contributed by atoms with Crippen molar-refractivity contribution >= 4 is 22.9 Å². The first-order chi connectivity index (χ1) is 5.77. The molecule has 0 aromatic carbocycles. The van der Waals surface area contributed by atoms with Crippen LogP contribution in [0, 0.1) is 0 Å². The number of nitrogens with one attached hydrogen (secondary N) is 1. The first-order valence-corrected chi connectivity index (χ1v) is 4.92. The molecule has 0 saturated carbocycles. The molecule has 0 radical (unpaired) electrons. The highest BCUT2D eigenvalue weighted by atomic mass is 35.5. The third-order valence-electron chi connectivity index (χ3n) is 1.43. The molecule has 1 aromatic heterocycles. The average molecular weight is 207 g/mol. The third kappa shape index (κ3) is 2.42. The van der Waals surface area contributed by atoms with Crippen molar-refractivity contribution in [2.75, 3.05) is 13.2 Å². The number of aliphatic hydroxyl groups excluding tert-OH is 1. The van der Waals surface area contributed by atoms with Gasteiger partial charge in [0.2, 0.25) is 0 Å². The minimum absolute atomic E-state index is 0.0533. The molecule has 0 fully saturated rings. The predicted molar refractivity (Wildman–Crippen MR) is 50.6 cm³/mol. The van der Waals surface area contributed by atoms with Crippen LogP contribution in [-0.2, 0) is 0 Å². The van der Waals surface area contributed by atoms with Crippen molar-refractivity contribution in [3.63, 3.8) is 0 Å². The fraction of sp³-hybridized carbons (Fsp3) is 0.571. The molecular formula is C7H11ClN2OS. The Hall–Kier alpha value is -0.160. The lowest BCUT2D eigenvalue weighted by molar-refractivity contribution is 0.246. The topological polar surface area (TPSA) is 45.1 Å². The van der Waals surface area contributed by atoms with Crippen molar-refractivity contribution in [1.82, 2.24) is 10.3 Å². The molecule has 1 heterocycles. The van der Waals surface area contributed by atoms with Crippen LogP contribution in [0.25, 0.3) is 0 Å². The van der Waals surface area contributed by atoms with Crippen LogP contribution in [0.4, 0.5) is 0 Å². The van der Waals surface area contributed by atoms with Gasteiger partial charge in [-0.2, -0.15) is 0 Å². The molecule has 68 valence electrons. The van der Waals surface area contributed by atoms with Crippen molar-refractivity contribution in [2.24, 2.45) is 0 Å². The summed E-state index contributed by atoms with van der Waals surface area (Å²) in [6.07, 6.45) is 1.60. The first-order valence-electron chi connectivity index (χ1n) is 3.73. The number of halogens is 1. The molecule has 0 aliphatic carbocycles. The zero-order chi connectivity index (χ0) is 8.97. The van der Waals surface area contributed by atoms with Gasteiger partial charge in [-0.25, -0.2) is 4.98 Å². The first kappa shape index (κ1) is 9.92. The molecule has 0 saturated heterocycles. The quantitative estimate of drug-likeness (QED) is 0.784. The van der Waals surface area contributed by atoms with Gasteiger partial charge in [-0.1, -0.05) is 18.5 Å². The van der Waals surface area contributed by atoms with Gasteiger partial charge >= 0.3 is 0 Å². The summed E-state index contributed by atoms with van der Waals surface area (Å²) >= 11 is 7.10. The second-order valence-electron chi connectivity index (χ2n) is 2.30. The van der Waals surface area contributed by atoms with E-state index in [0.29, 0.717) is 4.34 Å². The molecule has 5 heteroatoms. The summed E-state index contributed by atoms with van der Waals surface area (Å²) in [6, 6.07) is -0.0764. The molecule has 2 N–H and O–H groups in total. The second-order valence-corrected chi connectivity index (χ2v) is 3.99. The van der Waals surface area contributed by atoms with Gasteiger partial charge < -0.3 is 10.4 Å². The van der Waals surface area contributed by atoms with E-state index in [-0.39, 0.29) is 12.6 Å². The predicted octanol–water partition coefficient (Wildman–Crippen LogP) is 1.44. The molecule has 0 aliphatic heterocycles. The van der Waals surface area contributed by atoms with E-state index in [0.717, 1.165) is 11.6 Å². The van der Waals surface area contributed by atoms with Crippen LogP contribution in [0.5, 0.6) is 0 Å². The lowest BCUT2D eigenvalue weighted by atomic mass is 10.3. The van der Waals surface area contributed by atoms with Gasteiger partial charge in [0.15, 0.2) is 0 Å². The summed E-state index contributed by atoms with van der Waals surface area (Å²) in [5.74, 6) is 0. The molecule has 1 rings (SSSR count). The van der Waals surface area contributed by atoms with E-state index in [4.69, 9.17) is 16.7 Å². The number of hydrogen-bond acceptors (Lipinski definition) is 4. The lowest BCUT2D eigenvalue weighted by Gasteiger charge is -2.10. The van der Waals surface area contributed by atoms with Crippen molar-refractivity contribution in [2.45, 2.75) is 13.0 Å². The Morgan fingerprint density at radius 2 is 2.58 bits per heavy atom. The molecular weight excluding hydrogens is 196 g/mol. The highest BCUT2D eigenvalue weighted by Gasteiger charge is 2.12. The zero-order valence-corrected chi connectivity index (χ0v) is 8.32. The molecule has 1 unspecified atom stereocenters. The molecule has 12 heavy (non-hydrogen) atoms. The van der Waals surface area contributed by atoms with Gasteiger partial charge in [-0.05, 0) is 6.54 Å². The molecule has 0 spiro atoms. The van der Waals surface area contributed by atoms with Crippen molar-refractivity contribution in [3.8, 4) is 0 Å². The van der Waals surface area contributed by atoms with E-state index in [2.05, 4.69) is 10.3 Å². The fourth-order valence-corrected chi connectivity index (χ4v) is 1.90. The summed E-state index contributed by atoms with van der Waals surface area (Å²) in [6.45, 7) is 2.85. The minimum Gasteiger partial charge on any atom is -0.394 e. The SMILES string of the molecule is CCNC(CO)c1ncc(Cl)s1. The van der Waals surface area contributed by atoms with Gasteiger partial charge in [-0.3, -0.25) is 0 Å². The molecule has 3 nitrogen and oxygen atoms in total. The van der Waals surface area contributed by atoms with E-state index in [1.807, 2.05) is 6.92 Å². The Morgan fingerprint density at radius 1 is 1.83 bits per heavy atom. The monoisotopic (exact) mass is 206 g/mol. The van der Waals surface area contributed by atoms with Crippen LogP contribution in [0.3, 0.4) is 0 Å². The summed E-state index contributed by atoms with van der Waals surface area (Å²) in [7, 11) is 0. The van der Waals surface area contributed by atoms with E-state index in [9.17, 15) is 0 Å². The Kier molecular flexibility index (Phi) is 3.94. The van der Waals surface area contributed by atoms with E-state index < -0.39 is 0 Å². The maximum absolute atomic E-state index is 8.98. The number of hydrogen-bond donors (Lipinski definition) is 2. The standard InChI is InChI=1S/C7H11ClN2OS/c1-2-9-5(4-11)7-10-3-6(8)12-7/h3,5,9,11H,2,4H2,1H3. The normalized spacial score (nSPS) is 13.2. The smallest absolute Gasteiger partial charge is 0.113 e. The van der Waals surface area contributed by atoms with Crippen LogP contribution in [0.2, 0.25) is 4.34 Å². The van der Waals surface area contributed by atoms with Crippen LogP contribution in [0.1, 0.15) is 18.0 Å². The Morgan fingerprint density at radius 3 is 3.00 bits per heavy atom. The highest BCUT2D eigenvalue weighted by Crippen LogP contribution is 2.23. The maximum Gasteiger partial charge on any atom is 0.113 e. The Balaban J connectivity index is 2.66. The second kappa shape index (κ2) is 4.77. The van der Waals surface area contributed by atoms with Crippen molar-refractivity contribution in [1.29, 1.82) is 0 Å². The summed E-state index contributed by atoms with van der Waals surface area (Å²) in [5.41, 5.74) is 0. The molecule has 0 bridgehead atoms. The maximum atomic E-state index is 8.98. The molecule has 1 aromatic rings. The lowest BCUT2D eigenvalue weighted by Crippen LogP contribution is -2.23. The van der Waals surface area contributed by atoms with Crippen molar-refractivity contribution in [3.05, 3.63) is 15.5 Å². The van der Waals surface area contributed by atoms with Crippen LogP contribution in [-0.4, -0.2) is 23.2 Å². The zero-order valence-electron chi connectivity index (χ0n) is 6.75.